The molecule has 0 aliphatic carbocycles. The molecule has 0 bridgehead atoms. The summed E-state index contributed by atoms with van der Waals surface area (Å²) in [7, 11) is 0. The Balaban J connectivity index is 0.00000161. The van der Waals surface area contributed by atoms with Crippen molar-refractivity contribution in [2.24, 2.45) is 0 Å². The van der Waals surface area contributed by atoms with Crippen LogP contribution >= 0.6 is 0 Å². The van der Waals surface area contributed by atoms with Gasteiger partial charge in [0.15, 0.2) is 0 Å². The number of benzene rings is 2. The normalized spacial score (nSPS) is 18.5. The predicted octanol–water partition coefficient (Wildman–Crippen LogP) is 0.0659. The molecule has 2 aromatic rings. The first-order valence-electron chi connectivity index (χ1n) is 6.52. The number of hydrogen-bond donors (Lipinski definition) is 0. The van der Waals surface area contributed by atoms with Crippen molar-refractivity contribution in [1.82, 2.24) is 0 Å². The molecule has 1 heterocycles. The van der Waals surface area contributed by atoms with Gasteiger partial charge in [0.1, 0.15) is 6.10 Å². The summed E-state index contributed by atoms with van der Waals surface area (Å²) in [5.74, 6) is -0.0910. The zero-order valence-corrected chi connectivity index (χ0v) is 14.8. The topological polar surface area (TPSA) is 18.5 Å². The molecule has 21 heavy (non-hydrogen) atoms. The fraction of sp³-hybridized carbons (Fsp3) is 0.286. The molecule has 0 aromatic heterocycles. The average Bonchev–Trinajstić information content (AvgIpc) is 2.90. The van der Waals surface area contributed by atoms with Crippen LogP contribution in [0.1, 0.15) is 6.42 Å². The van der Waals surface area contributed by atoms with Gasteiger partial charge in [-0.05, 0) is 16.8 Å². The molecular formula is C14H13BF3KO2. The van der Waals surface area contributed by atoms with Crippen LogP contribution in [-0.2, 0) is 4.74 Å². The van der Waals surface area contributed by atoms with Crippen molar-refractivity contribution in [1.29, 1.82) is 0 Å². The van der Waals surface area contributed by atoms with Crippen LogP contribution in [0.15, 0.2) is 36.4 Å². The predicted molar refractivity (Wildman–Crippen MR) is 72.5 cm³/mol. The summed E-state index contributed by atoms with van der Waals surface area (Å²) in [4.78, 5) is 0. The van der Waals surface area contributed by atoms with E-state index >= 15 is 0 Å². The van der Waals surface area contributed by atoms with Crippen molar-refractivity contribution in [2.45, 2.75) is 12.5 Å². The van der Waals surface area contributed by atoms with E-state index in [2.05, 4.69) is 0 Å². The van der Waals surface area contributed by atoms with E-state index in [1.165, 1.54) is 12.1 Å². The minimum atomic E-state index is -5.14. The molecule has 0 N–H and O–H groups in total. The molecule has 1 aliphatic heterocycles. The van der Waals surface area contributed by atoms with E-state index < -0.39 is 12.4 Å². The standard InChI is InChI=1S/C14H13BF3O2.K/c16-15(17,18)14-12-4-2-1-3-10(12)5-6-13(14)20-11-7-8-19-9-11;/h1-6,11H,7-9H2;/q-1;+1. The fourth-order valence-electron chi connectivity index (χ4n) is 2.50. The molecule has 1 atom stereocenters. The smallest absolute Gasteiger partial charge is 0.491 e. The van der Waals surface area contributed by atoms with Gasteiger partial charge in [-0.3, -0.25) is 0 Å². The van der Waals surface area contributed by atoms with Crippen LogP contribution in [0.25, 0.3) is 10.8 Å². The number of fused-ring (bicyclic) bond motifs is 1. The quantitative estimate of drug-likeness (QED) is 0.745. The van der Waals surface area contributed by atoms with Gasteiger partial charge in [-0.15, -0.1) is 0 Å². The summed E-state index contributed by atoms with van der Waals surface area (Å²) in [6, 6.07) is 9.55. The van der Waals surface area contributed by atoms with Crippen LogP contribution in [0.4, 0.5) is 12.9 Å². The molecule has 1 fully saturated rings. The third kappa shape index (κ3) is 3.83. The largest absolute Gasteiger partial charge is 1.00 e. The molecule has 1 unspecified atom stereocenters. The zero-order chi connectivity index (χ0) is 14.2. The molecule has 1 saturated heterocycles. The summed E-state index contributed by atoms with van der Waals surface area (Å²) in [6.45, 7) is -4.26. The van der Waals surface area contributed by atoms with Crippen LogP contribution in [0.2, 0.25) is 0 Å². The minimum absolute atomic E-state index is 0. The molecule has 0 saturated carbocycles. The Hall–Kier alpha value is -0.0487. The Morgan fingerprint density at radius 2 is 1.86 bits per heavy atom. The second-order valence-corrected chi connectivity index (χ2v) is 4.88. The fourth-order valence-corrected chi connectivity index (χ4v) is 2.50. The Morgan fingerprint density at radius 1 is 1.10 bits per heavy atom. The molecule has 7 heteroatoms. The summed E-state index contributed by atoms with van der Waals surface area (Å²) >= 11 is 0. The molecule has 3 rings (SSSR count). The van der Waals surface area contributed by atoms with E-state index in [1.54, 1.807) is 24.3 Å². The second kappa shape index (κ2) is 7.02. The van der Waals surface area contributed by atoms with Crippen LogP contribution in [0.5, 0.6) is 5.75 Å². The Kier molecular flexibility index (Phi) is 5.78. The molecule has 2 nitrogen and oxygen atoms in total. The number of halogens is 3. The Labute approximate surface area is 163 Å². The first-order valence-corrected chi connectivity index (χ1v) is 6.52. The number of rotatable bonds is 3. The SMILES string of the molecule is F[B-](F)(F)c1c(OC2CCOC2)ccc2ccccc12.[K+]. The first kappa shape index (κ1) is 17.3. The van der Waals surface area contributed by atoms with Crippen molar-refractivity contribution in [2.75, 3.05) is 13.2 Å². The summed E-state index contributed by atoms with van der Waals surface area (Å²) in [5.41, 5.74) is -0.644. The zero-order valence-electron chi connectivity index (χ0n) is 11.7. The van der Waals surface area contributed by atoms with Crippen LogP contribution in [-0.4, -0.2) is 26.3 Å². The average molecular weight is 320 g/mol. The monoisotopic (exact) mass is 320 g/mol. The van der Waals surface area contributed by atoms with E-state index in [1.807, 2.05) is 0 Å². The van der Waals surface area contributed by atoms with Gasteiger partial charge in [0.05, 0.1) is 19.0 Å². The second-order valence-electron chi connectivity index (χ2n) is 4.88. The van der Waals surface area contributed by atoms with Gasteiger partial charge in [-0.25, -0.2) is 0 Å². The molecule has 106 valence electrons. The van der Waals surface area contributed by atoms with Crippen molar-refractivity contribution >= 4 is 23.2 Å². The number of ether oxygens (including phenoxy) is 2. The van der Waals surface area contributed by atoms with Gasteiger partial charge in [0, 0.05) is 6.42 Å². The molecule has 1 aliphatic rings. The number of hydrogen-bond acceptors (Lipinski definition) is 2. The molecule has 2 aromatic carbocycles. The molecule has 0 amide bonds. The maximum Gasteiger partial charge on any atom is 1.00 e. The van der Waals surface area contributed by atoms with E-state index in [0.717, 1.165) is 0 Å². The third-order valence-corrected chi connectivity index (χ3v) is 3.44. The van der Waals surface area contributed by atoms with Gasteiger partial charge in [-0.1, -0.05) is 35.8 Å². The minimum Gasteiger partial charge on any atom is -0.491 e. The van der Waals surface area contributed by atoms with Crippen LogP contribution in [0.3, 0.4) is 0 Å². The van der Waals surface area contributed by atoms with Crippen molar-refractivity contribution < 1.29 is 73.8 Å². The summed E-state index contributed by atoms with van der Waals surface area (Å²) < 4.78 is 50.9. The molecule has 0 radical (unpaired) electrons. The molecular weight excluding hydrogens is 307 g/mol. The van der Waals surface area contributed by atoms with E-state index in [4.69, 9.17) is 9.47 Å². The van der Waals surface area contributed by atoms with Gasteiger partial charge in [0.25, 0.3) is 0 Å². The van der Waals surface area contributed by atoms with Gasteiger partial charge < -0.3 is 22.4 Å². The van der Waals surface area contributed by atoms with Gasteiger partial charge >= 0.3 is 58.4 Å². The maximum atomic E-state index is 13.4. The van der Waals surface area contributed by atoms with E-state index in [-0.39, 0.29) is 68.6 Å². The molecule has 0 spiro atoms. The van der Waals surface area contributed by atoms with Gasteiger partial charge in [0.2, 0.25) is 0 Å². The Morgan fingerprint density at radius 3 is 2.52 bits per heavy atom. The van der Waals surface area contributed by atoms with Crippen LogP contribution in [0, 0.1) is 0 Å². The maximum absolute atomic E-state index is 13.4. The van der Waals surface area contributed by atoms with Crippen molar-refractivity contribution in [3.63, 3.8) is 0 Å². The summed E-state index contributed by atoms with van der Waals surface area (Å²) in [5, 5.41) is 0.758. The van der Waals surface area contributed by atoms with Crippen molar-refractivity contribution in [3.8, 4) is 5.75 Å². The van der Waals surface area contributed by atoms with E-state index in [0.29, 0.717) is 25.0 Å². The van der Waals surface area contributed by atoms with Crippen molar-refractivity contribution in [3.05, 3.63) is 36.4 Å². The Bertz CT molecular complexity index is 627. The van der Waals surface area contributed by atoms with Crippen LogP contribution < -0.4 is 61.6 Å². The van der Waals surface area contributed by atoms with E-state index in [9.17, 15) is 12.9 Å². The third-order valence-electron chi connectivity index (χ3n) is 3.44. The summed E-state index contributed by atoms with van der Waals surface area (Å²) in [6.07, 6.45) is 0.324. The first-order chi connectivity index (χ1) is 9.55. The van der Waals surface area contributed by atoms with Gasteiger partial charge in [-0.2, -0.15) is 0 Å².